The summed E-state index contributed by atoms with van der Waals surface area (Å²) in [5.74, 6) is 0.466. The summed E-state index contributed by atoms with van der Waals surface area (Å²) in [4.78, 5) is 13.1. The molecular weight excluding hydrogens is 376 g/mol. The third-order valence-corrected chi connectivity index (χ3v) is 5.92. The van der Waals surface area contributed by atoms with Gasteiger partial charge in [0, 0.05) is 33.4 Å². The van der Waals surface area contributed by atoms with Crippen LogP contribution in [0.25, 0.3) is 0 Å². The first-order valence-electron chi connectivity index (χ1n) is 8.21. The summed E-state index contributed by atoms with van der Waals surface area (Å²) in [6, 6.07) is 2.95. The lowest BCUT2D eigenvalue weighted by atomic mass is 10.0. The van der Waals surface area contributed by atoms with Crippen LogP contribution in [0.3, 0.4) is 0 Å². The van der Waals surface area contributed by atoms with Crippen LogP contribution in [-0.4, -0.2) is 24.3 Å². The first kappa shape index (κ1) is 18.7. The molecule has 23 heavy (non-hydrogen) atoms. The normalized spacial score (nSPS) is 22.8. The number of carbonyl (C=O) groups is 1. The molecule has 130 valence electrons. The van der Waals surface area contributed by atoms with Crippen LogP contribution in [-0.2, 0) is 4.74 Å². The van der Waals surface area contributed by atoms with E-state index in [-0.39, 0.29) is 6.09 Å². The van der Waals surface area contributed by atoms with Crippen molar-refractivity contribution in [2.45, 2.75) is 64.6 Å². The minimum Gasteiger partial charge on any atom is -0.444 e. The molecule has 2 rings (SSSR count). The number of halogens is 1. The fraction of sp³-hybridized carbons (Fsp3) is 0.706. The Balaban J connectivity index is 1.82. The van der Waals surface area contributed by atoms with Gasteiger partial charge in [-0.3, -0.25) is 0 Å². The molecule has 0 aliphatic heterocycles. The second kappa shape index (κ2) is 7.99. The standard InChI is InChI=1S/C17H27BrN2O2S/c1-11(15-8-13(18)10-23-15)20-14-7-5-6-12(14)9-19-16(21)22-17(2,3)4/h8,10-12,14,20H,5-7,9H2,1-4H3,(H,19,21). The Morgan fingerprint density at radius 3 is 2.83 bits per heavy atom. The van der Waals surface area contributed by atoms with E-state index in [4.69, 9.17) is 4.74 Å². The van der Waals surface area contributed by atoms with Gasteiger partial charge in [0.25, 0.3) is 0 Å². The maximum atomic E-state index is 11.8. The lowest BCUT2D eigenvalue weighted by Crippen LogP contribution is -2.41. The number of rotatable bonds is 5. The summed E-state index contributed by atoms with van der Waals surface area (Å²) in [5.41, 5.74) is -0.446. The summed E-state index contributed by atoms with van der Waals surface area (Å²) >= 11 is 5.28. The molecule has 3 atom stereocenters. The van der Waals surface area contributed by atoms with Crippen molar-refractivity contribution in [3.63, 3.8) is 0 Å². The number of carbonyl (C=O) groups excluding carboxylic acids is 1. The van der Waals surface area contributed by atoms with Crippen LogP contribution in [0.4, 0.5) is 4.79 Å². The summed E-state index contributed by atoms with van der Waals surface area (Å²) in [6.07, 6.45) is 3.20. The molecule has 1 aliphatic rings. The SMILES string of the molecule is CC(NC1CCCC1CNC(=O)OC(C)(C)C)c1cc(Br)cs1. The van der Waals surface area contributed by atoms with Gasteiger partial charge in [0.2, 0.25) is 0 Å². The van der Waals surface area contributed by atoms with E-state index in [9.17, 15) is 4.79 Å². The highest BCUT2D eigenvalue weighted by Crippen LogP contribution is 2.30. The molecule has 0 spiro atoms. The number of ether oxygens (including phenoxy) is 1. The molecule has 3 unspecified atom stereocenters. The van der Waals surface area contributed by atoms with Crippen LogP contribution in [0.2, 0.25) is 0 Å². The molecule has 1 fully saturated rings. The number of thiophene rings is 1. The van der Waals surface area contributed by atoms with E-state index in [1.165, 1.54) is 11.3 Å². The molecule has 1 saturated carbocycles. The minimum absolute atomic E-state index is 0.321. The zero-order valence-electron chi connectivity index (χ0n) is 14.3. The van der Waals surface area contributed by atoms with Crippen molar-refractivity contribution in [2.24, 2.45) is 5.92 Å². The average Bonchev–Trinajstić information content (AvgIpc) is 3.03. The second-order valence-electron chi connectivity index (χ2n) is 7.24. The van der Waals surface area contributed by atoms with Crippen LogP contribution in [0.5, 0.6) is 0 Å². The third-order valence-electron chi connectivity index (χ3n) is 4.05. The van der Waals surface area contributed by atoms with Gasteiger partial charge in [0.15, 0.2) is 0 Å². The molecule has 4 nitrogen and oxygen atoms in total. The summed E-state index contributed by atoms with van der Waals surface area (Å²) in [7, 11) is 0. The van der Waals surface area contributed by atoms with Crippen molar-refractivity contribution < 1.29 is 9.53 Å². The molecule has 1 aromatic rings. The Hall–Kier alpha value is -0.590. The number of amides is 1. The molecule has 1 heterocycles. The molecule has 1 amide bonds. The van der Waals surface area contributed by atoms with Gasteiger partial charge in [-0.1, -0.05) is 6.42 Å². The van der Waals surface area contributed by atoms with Crippen molar-refractivity contribution in [1.29, 1.82) is 0 Å². The van der Waals surface area contributed by atoms with Crippen LogP contribution >= 0.6 is 27.3 Å². The first-order chi connectivity index (χ1) is 10.7. The monoisotopic (exact) mass is 402 g/mol. The lowest BCUT2D eigenvalue weighted by Gasteiger charge is -2.26. The number of nitrogens with one attached hydrogen (secondary N) is 2. The Kier molecular flexibility index (Phi) is 6.51. The summed E-state index contributed by atoms with van der Waals surface area (Å²) in [5, 5.41) is 8.76. The zero-order chi connectivity index (χ0) is 17.0. The number of hydrogen-bond acceptors (Lipinski definition) is 4. The highest BCUT2D eigenvalue weighted by atomic mass is 79.9. The van der Waals surface area contributed by atoms with Crippen molar-refractivity contribution in [3.8, 4) is 0 Å². The Bertz CT molecular complexity index is 527. The molecule has 1 aromatic heterocycles. The van der Waals surface area contributed by atoms with Gasteiger partial charge in [-0.25, -0.2) is 4.79 Å². The van der Waals surface area contributed by atoms with E-state index >= 15 is 0 Å². The smallest absolute Gasteiger partial charge is 0.407 e. The predicted molar refractivity (Wildman–Crippen MR) is 98.9 cm³/mol. The molecule has 0 bridgehead atoms. The van der Waals surface area contributed by atoms with E-state index in [2.05, 4.69) is 44.9 Å². The fourth-order valence-electron chi connectivity index (χ4n) is 2.99. The fourth-order valence-corrected chi connectivity index (χ4v) is 4.45. The van der Waals surface area contributed by atoms with E-state index in [1.807, 2.05) is 20.8 Å². The predicted octanol–water partition coefficient (Wildman–Crippen LogP) is 4.85. The Morgan fingerprint density at radius 2 is 2.22 bits per heavy atom. The van der Waals surface area contributed by atoms with Gasteiger partial charge in [-0.05, 0) is 68.5 Å². The van der Waals surface area contributed by atoms with Crippen LogP contribution in [0.1, 0.15) is 57.9 Å². The number of alkyl carbamates (subject to hydrolysis) is 1. The van der Waals surface area contributed by atoms with Crippen LogP contribution in [0.15, 0.2) is 15.9 Å². The zero-order valence-corrected chi connectivity index (χ0v) is 16.7. The van der Waals surface area contributed by atoms with Crippen molar-refractivity contribution in [2.75, 3.05) is 6.54 Å². The van der Waals surface area contributed by atoms with Gasteiger partial charge in [0.05, 0.1) is 0 Å². The van der Waals surface area contributed by atoms with Crippen LogP contribution in [0, 0.1) is 5.92 Å². The van der Waals surface area contributed by atoms with Gasteiger partial charge in [-0.15, -0.1) is 11.3 Å². The van der Waals surface area contributed by atoms with Gasteiger partial charge < -0.3 is 15.4 Å². The Morgan fingerprint density at radius 1 is 1.48 bits per heavy atom. The minimum atomic E-state index is -0.446. The molecule has 6 heteroatoms. The van der Waals surface area contributed by atoms with Gasteiger partial charge >= 0.3 is 6.09 Å². The molecular formula is C17H27BrN2O2S. The van der Waals surface area contributed by atoms with Crippen molar-refractivity contribution >= 4 is 33.4 Å². The first-order valence-corrected chi connectivity index (χ1v) is 9.88. The topological polar surface area (TPSA) is 50.4 Å². The molecule has 0 saturated heterocycles. The lowest BCUT2D eigenvalue weighted by molar-refractivity contribution is 0.0517. The van der Waals surface area contributed by atoms with E-state index in [0.717, 1.165) is 17.3 Å². The largest absolute Gasteiger partial charge is 0.444 e. The summed E-state index contributed by atoms with van der Waals surface area (Å²) < 4.78 is 6.45. The molecule has 0 radical (unpaired) electrons. The van der Waals surface area contributed by atoms with E-state index in [1.54, 1.807) is 11.3 Å². The Labute approximate surface area is 151 Å². The molecule has 1 aliphatic carbocycles. The highest BCUT2D eigenvalue weighted by molar-refractivity contribution is 9.10. The average molecular weight is 403 g/mol. The summed E-state index contributed by atoms with van der Waals surface area (Å²) in [6.45, 7) is 8.52. The van der Waals surface area contributed by atoms with Crippen molar-refractivity contribution in [3.05, 3.63) is 20.8 Å². The number of hydrogen-bond donors (Lipinski definition) is 2. The maximum Gasteiger partial charge on any atom is 0.407 e. The van der Waals surface area contributed by atoms with Crippen molar-refractivity contribution in [1.82, 2.24) is 10.6 Å². The third kappa shape index (κ3) is 6.08. The second-order valence-corrected chi connectivity index (χ2v) is 9.09. The molecule has 2 N–H and O–H groups in total. The highest BCUT2D eigenvalue weighted by Gasteiger charge is 2.29. The van der Waals surface area contributed by atoms with E-state index in [0.29, 0.717) is 24.5 Å². The van der Waals surface area contributed by atoms with Gasteiger partial charge in [-0.2, -0.15) is 0 Å². The molecule has 0 aromatic carbocycles. The van der Waals surface area contributed by atoms with Crippen LogP contribution < -0.4 is 10.6 Å². The quantitative estimate of drug-likeness (QED) is 0.739. The maximum absolute atomic E-state index is 11.8. The van der Waals surface area contributed by atoms with Gasteiger partial charge in [0.1, 0.15) is 5.60 Å². The van der Waals surface area contributed by atoms with E-state index < -0.39 is 5.60 Å².